The smallest absolute Gasteiger partial charge is 0.230 e. The second-order valence-corrected chi connectivity index (χ2v) is 6.38. The van der Waals surface area contributed by atoms with E-state index in [2.05, 4.69) is 15.5 Å². The van der Waals surface area contributed by atoms with Gasteiger partial charge in [-0.3, -0.25) is 4.79 Å². The number of thioether (sulfide) groups is 1. The molecular weight excluding hydrogens is 294 g/mol. The first kappa shape index (κ1) is 15.1. The average molecular weight is 311 g/mol. The van der Waals surface area contributed by atoms with Crippen LogP contribution in [0.25, 0.3) is 0 Å². The molecule has 0 radical (unpaired) electrons. The number of nitrogens with one attached hydrogen (secondary N) is 1. The van der Waals surface area contributed by atoms with Crippen LogP contribution in [0, 0.1) is 20.8 Å². The fourth-order valence-electron chi connectivity index (χ4n) is 1.66. The third-order valence-electron chi connectivity index (χ3n) is 2.76. The Morgan fingerprint density at radius 1 is 1.45 bits per heavy atom. The van der Waals surface area contributed by atoms with Crippen molar-refractivity contribution in [3.8, 4) is 0 Å². The van der Waals surface area contributed by atoms with E-state index in [4.69, 9.17) is 4.52 Å². The maximum Gasteiger partial charge on any atom is 0.230 e. The van der Waals surface area contributed by atoms with Gasteiger partial charge in [0.2, 0.25) is 5.91 Å². The quantitative estimate of drug-likeness (QED) is 0.888. The molecule has 0 bridgehead atoms. The Labute approximate surface area is 126 Å². The molecule has 108 valence electrons. The van der Waals surface area contributed by atoms with E-state index in [0.29, 0.717) is 12.3 Å². The van der Waals surface area contributed by atoms with Gasteiger partial charge in [0, 0.05) is 22.4 Å². The molecule has 7 heteroatoms. The van der Waals surface area contributed by atoms with Crippen molar-refractivity contribution >= 4 is 29.0 Å². The number of aryl methyl sites for hydroxylation is 3. The fraction of sp³-hybridized carbons (Fsp3) is 0.462. The number of carbonyl (C=O) groups is 1. The summed E-state index contributed by atoms with van der Waals surface area (Å²) in [6.07, 6.45) is 0. The normalized spacial score (nSPS) is 10.8. The van der Waals surface area contributed by atoms with Crippen LogP contribution in [0.1, 0.15) is 27.7 Å². The number of hydrogen-bond donors (Lipinski definition) is 1. The van der Waals surface area contributed by atoms with E-state index >= 15 is 0 Å². The lowest BCUT2D eigenvalue weighted by atomic mass is 10.2. The van der Waals surface area contributed by atoms with Gasteiger partial charge in [0.15, 0.2) is 0 Å². The first-order valence-electron chi connectivity index (χ1n) is 6.23. The summed E-state index contributed by atoms with van der Waals surface area (Å²) in [5.74, 6) is 2.02. The lowest BCUT2D eigenvalue weighted by Crippen LogP contribution is -2.24. The van der Waals surface area contributed by atoms with Crippen molar-refractivity contribution in [1.82, 2.24) is 15.5 Å². The number of thiazole rings is 1. The first-order valence-corrected chi connectivity index (χ1v) is 8.27. The van der Waals surface area contributed by atoms with Crippen molar-refractivity contribution in [3.63, 3.8) is 0 Å². The molecule has 5 nitrogen and oxygen atoms in total. The molecule has 0 aromatic carbocycles. The van der Waals surface area contributed by atoms with Gasteiger partial charge in [0.05, 0.1) is 18.0 Å². The predicted molar refractivity (Wildman–Crippen MR) is 80.8 cm³/mol. The van der Waals surface area contributed by atoms with Crippen LogP contribution in [-0.4, -0.2) is 21.8 Å². The summed E-state index contributed by atoms with van der Waals surface area (Å²) in [4.78, 5) is 16.0. The van der Waals surface area contributed by atoms with Crippen LogP contribution < -0.4 is 5.32 Å². The van der Waals surface area contributed by atoms with Crippen LogP contribution in [-0.2, 0) is 17.1 Å². The summed E-state index contributed by atoms with van der Waals surface area (Å²) in [7, 11) is 0. The molecule has 2 heterocycles. The van der Waals surface area contributed by atoms with Gasteiger partial charge in [0.1, 0.15) is 10.8 Å². The predicted octanol–water partition coefficient (Wildman–Crippen LogP) is 2.61. The van der Waals surface area contributed by atoms with Crippen LogP contribution in [0.3, 0.4) is 0 Å². The number of amides is 1. The van der Waals surface area contributed by atoms with E-state index in [9.17, 15) is 4.79 Å². The minimum absolute atomic E-state index is 0.0228. The number of hydrogen-bond acceptors (Lipinski definition) is 6. The molecular formula is C13H17N3O2S2. The van der Waals surface area contributed by atoms with E-state index < -0.39 is 0 Å². The topological polar surface area (TPSA) is 68.0 Å². The summed E-state index contributed by atoms with van der Waals surface area (Å²) in [5.41, 5.74) is 2.97. The third kappa shape index (κ3) is 4.08. The van der Waals surface area contributed by atoms with Crippen molar-refractivity contribution in [2.24, 2.45) is 0 Å². The van der Waals surface area contributed by atoms with Crippen LogP contribution in [0.5, 0.6) is 0 Å². The molecule has 0 aliphatic carbocycles. The fourth-order valence-corrected chi connectivity index (χ4v) is 3.38. The van der Waals surface area contributed by atoms with Crippen LogP contribution in [0.4, 0.5) is 0 Å². The van der Waals surface area contributed by atoms with Gasteiger partial charge in [-0.2, -0.15) is 0 Å². The summed E-state index contributed by atoms with van der Waals surface area (Å²) in [6.45, 7) is 6.25. The van der Waals surface area contributed by atoms with Gasteiger partial charge in [-0.05, 0) is 20.8 Å². The van der Waals surface area contributed by atoms with Gasteiger partial charge in [-0.15, -0.1) is 23.1 Å². The Morgan fingerprint density at radius 2 is 2.25 bits per heavy atom. The van der Waals surface area contributed by atoms with Gasteiger partial charge >= 0.3 is 0 Å². The van der Waals surface area contributed by atoms with Crippen LogP contribution in [0.15, 0.2) is 9.90 Å². The summed E-state index contributed by atoms with van der Waals surface area (Å²) in [6, 6.07) is 0. The molecule has 0 aliphatic heterocycles. The van der Waals surface area contributed by atoms with E-state index in [1.807, 2.05) is 26.2 Å². The molecule has 0 aliphatic rings. The largest absolute Gasteiger partial charge is 0.361 e. The molecule has 1 N–H and O–H groups in total. The minimum Gasteiger partial charge on any atom is -0.361 e. The zero-order chi connectivity index (χ0) is 14.5. The Kier molecular flexibility index (Phi) is 5.19. The lowest BCUT2D eigenvalue weighted by Gasteiger charge is -2.03. The molecule has 20 heavy (non-hydrogen) atoms. The van der Waals surface area contributed by atoms with E-state index in [0.717, 1.165) is 33.5 Å². The molecule has 0 atom stereocenters. The molecule has 0 fully saturated rings. The van der Waals surface area contributed by atoms with Gasteiger partial charge < -0.3 is 9.84 Å². The third-order valence-corrected chi connectivity index (χ3v) is 4.69. The number of carbonyl (C=O) groups excluding carboxylic acids is 1. The molecule has 0 unspecified atom stereocenters. The molecule has 2 aromatic rings. The van der Waals surface area contributed by atoms with E-state index in [1.54, 1.807) is 23.1 Å². The maximum atomic E-state index is 11.7. The Bertz CT molecular complexity index is 573. The molecule has 1 amide bonds. The monoisotopic (exact) mass is 311 g/mol. The number of nitrogens with zero attached hydrogens (tertiary/aromatic N) is 2. The standard InChI is InChI=1S/C13H17N3O2S2/c1-8-5-20-13(15-8)4-14-12(17)7-19-6-11-9(2)16-18-10(11)3/h5H,4,6-7H2,1-3H3,(H,14,17). The molecule has 2 rings (SSSR count). The number of rotatable bonds is 6. The van der Waals surface area contributed by atoms with Crippen molar-refractivity contribution in [3.05, 3.63) is 33.1 Å². The van der Waals surface area contributed by atoms with Gasteiger partial charge in [-0.25, -0.2) is 4.98 Å². The highest BCUT2D eigenvalue weighted by atomic mass is 32.2. The Morgan fingerprint density at radius 3 is 2.85 bits per heavy atom. The van der Waals surface area contributed by atoms with E-state index in [-0.39, 0.29) is 5.91 Å². The van der Waals surface area contributed by atoms with Crippen LogP contribution in [0.2, 0.25) is 0 Å². The SMILES string of the molecule is Cc1csc(CNC(=O)CSCc2c(C)noc2C)n1. The highest BCUT2D eigenvalue weighted by molar-refractivity contribution is 7.99. The lowest BCUT2D eigenvalue weighted by molar-refractivity contribution is -0.118. The maximum absolute atomic E-state index is 11.7. The van der Waals surface area contributed by atoms with Crippen LogP contribution >= 0.6 is 23.1 Å². The molecule has 2 aromatic heterocycles. The highest BCUT2D eigenvalue weighted by Gasteiger charge is 2.10. The summed E-state index contributed by atoms with van der Waals surface area (Å²) < 4.78 is 5.09. The van der Waals surface area contributed by atoms with Gasteiger partial charge in [0.25, 0.3) is 0 Å². The molecule has 0 saturated heterocycles. The molecule has 0 saturated carbocycles. The minimum atomic E-state index is 0.0228. The second-order valence-electron chi connectivity index (χ2n) is 4.45. The first-order chi connectivity index (χ1) is 9.56. The zero-order valence-corrected chi connectivity index (χ0v) is 13.4. The van der Waals surface area contributed by atoms with Crippen molar-refractivity contribution < 1.29 is 9.32 Å². The van der Waals surface area contributed by atoms with Crippen molar-refractivity contribution in [1.29, 1.82) is 0 Å². The Balaban J connectivity index is 1.70. The summed E-state index contributed by atoms with van der Waals surface area (Å²) >= 11 is 3.12. The average Bonchev–Trinajstić information content (AvgIpc) is 2.96. The van der Waals surface area contributed by atoms with Gasteiger partial charge in [-0.1, -0.05) is 5.16 Å². The Hall–Kier alpha value is -1.34. The zero-order valence-electron chi connectivity index (χ0n) is 11.7. The van der Waals surface area contributed by atoms with E-state index in [1.165, 1.54) is 0 Å². The van der Waals surface area contributed by atoms with Crippen molar-refractivity contribution in [2.45, 2.75) is 33.1 Å². The molecule has 0 spiro atoms. The number of aromatic nitrogens is 2. The highest BCUT2D eigenvalue weighted by Crippen LogP contribution is 2.19. The summed E-state index contributed by atoms with van der Waals surface area (Å²) in [5, 5.41) is 9.68. The van der Waals surface area contributed by atoms with Crippen molar-refractivity contribution in [2.75, 3.05) is 5.75 Å². The second kappa shape index (κ2) is 6.90.